The molecular weight excluding hydrogens is 504 g/mol. The lowest BCUT2D eigenvalue weighted by molar-refractivity contribution is -0.319. The standard InChI is InChI=1S/C34H52O6/c1-6-11-12-13-14-15-16-17-18-19-20-21-22-23-28-39-34-33(38-27-10-5)32(37-26-9-4)31(36-25-8-3)30(40-34)29-35-24-7-2/h2-5,30-34H,6,11-29H2,1H3/t30-,31-,32+,33-,34-/m1/s1. The Balaban J connectivity index is 2.50. The van der Waals surface area contributed by atoms with Crippen molar-refractivity contribution in [1.29, 1.82) is 0 Å². The third-order valence-corrected chi connectivity index (χ3v) is 6.92. The highest BCUT2D eigenvalue weighted by atomic mass is 16.7. The summed E-state index contributed by atoms with van der Waals surface area (Å²) in [6, 6.07) is 0. The maximum absolute atomic E-state index is 6.25. The van der Waals surface area contributed by atoms with E-state index in [4.69, 9.17) is 54.1 Å². The van der Waals surface area contributed by atoms with Crippen LogP contribution in [0.5, 0.6) is 0 Å². The maximum atomic E-state index is 6.25. The highest BCUT2D eigenvalue weighted by molar-refractivity contribution is 4.97. The summed E-state index contributed by atoms with van der Waals surface area (Å²) >= 11 is 0. The van der Waals surface area contributed by atoms with Gasteiger partial charge in [0.05, 0.1) is 6.61 Å². The van der Waals surface area contributed by atoms with Gasteiger partial charge in [0.2, 0.25) is 0 Å². The van der Waals surface area contributed by atoms with Crippen molar-refractivity contribution in [2.45, 2.75) is 128 Å². The van der Waals surface area contributed by atoms with Crippen molar-refractivity contribution in [3.8, 4) is 49.4 Å². The molecule has 0 bridgehead atoms. The van der Waals surface area contributed by atoms with Crippen LogP contribution < -0.4 is 0 Å². The molecular formula is C34H52O6. The van der Waals surface area contributed by atoms with Gasteiger partial charge in [-0.3, -0.25) is 0 Å². The van der Waals surface area contributed by atoms with Crippen molar-refractivity contribution in [2.24, 2.45) is 0 Å². The molecule has 1 fully saturated rings. The Morgan fingerprint density at radius 2 is 0.975 bits per heavy atom. The van der Waals surface area contributed by atoms with Crippen LogP contribution in [0.15, 0.2) is 0 Å². The smallest absolute Gasteiger partial charge is 0.186 e. The number of ether oxygens (including phenoxy) is 6. The molecule has 0 N–H and O–H groups in total. The molecule has 0 radical (unpaired) electrons. The molecule has 224 valence electrons. The number of unbranched alkanes of at least 4 members (excludes halogenated alkanes) is 13. The summed E-state index contributed by atoms with van der Waals surface area (Å²) in [5.41, 5.74) is 0. The van der Waals surface area contributed by atoms with Crippen LogP contribution in [0.1, 0.15) is 96.8 Å². The van der Waals surface area contributed by atoms with E-state index in [1.807, 2.05) is 0 Å². The van der Waals surface area contributed by atoms with E-state index < -0.39 is 30.7 Å². The Morgan fingerprint density at radius 1 is 0.525 bits per heavy atom. The second-order valence-electron chi connectivity index (χ2n) is 10.2. The minimum atomic E-state index is -0.733. The molecule has 0 aromatic carbocycles. The second kappa shape index (κ2) is 25.9. The van der Waals surface area contributed by atoms with E-state index in [1.54, 1.807) is 0 Å². The van der Waals surface area contributed by atoms with Crippen molar-refractivity contribution >= 4 is 0 Å². The molecule has 1 rings (SSSR count). The molecule has 0 saturated carbocycles. The van der Waals surface area contributed by atoms with Crippen molar-refractivity contribution in [3.05, 3.63) is 0 Å². The fourth-order valence-electron chi connectivity index (χ4n) is 4.88. The number of terminal acetylenes is 4. The number of hydrogen-bond acceptors (Lipinski definition) is 6. The summed E-state index contributed by atoms with van der Waals surface area (Å²) in [7, 11) is 0. The minimum absolute atomic E-state index is 0.0557. The van der Waals surface area contributed by atoms with Crippen LogP contribution in [0, 0.1) is 49.4 Å². The van der Waals surface area contributed by atoms with Gasteiger partial charge in [0.25, 0.3) is 0 Å². The van der Waals surface area contributed by atoms with Gasteiger partial charge in [-0.05, 0) is 6.42 Å². The minimum Gasteiger partial charge on any atom is -0.366 e. The summed E-state index contributed by atoms with van der Waals surface area (Å²) < 4.78 is 35.8. The average molecular weight is 557 g/mol. The molecule has 0 aliphatic carbocycles. The lowest BCUT2D eigenvalue weighted by atomic mass is 9.98. The Kier molecular flexibility index (Phi) is 23.4. The van der Waals surface area contributed by atoms with Crippen LogP contribution in [0.25, 0.3) is 0 Å². The summed E-state index contributed by atoms with van der Waals surface area (Å²) in [6.07, 6.45) is 36.7. The largest absolute Gasteiger partial charge is 0.366 e. The summed E-state index contributed by atoms with van der Waals surface area (Å²) in [5, 5.41) is 0. The van der Waals surface area contributed by atoms with Gasteiger partial charge in [-0.15, -0.1) is 25.7 Å². The van der Waals surface area contributed by atoms with Crippen LogP contribution in [-0.2, 0) is 28.4 Å². The van der Waals surface area contributed by atoms with Crippen LogP contribution in [0.3, 0.4) is 0 Å². The SMILES string of the molecule is C#CCOC[C@H]1O[C@@H](OCCCCCCCCCCCCCCCC)[C@H](OCC#C)[C@@H](OCC#C)[C@@H]1OCC#C. The Hall–Kier alpha value is -2.00. The van der Waals surface area contributed by atoms with Crippen molar-refractivity contribution in [2.75, 3.05) is 39.6 Å². The van der Waals surface area contributed by atoms with E-state index in [9.17, 15) is 0 Å². The molecule has 0 aromatic heterocycles. The van der Waals surface area contributed by atoms with Gasteiger partial charge in [0.15, 0.2) is 6.29 Å². The molecule has 1 aliphatic heterocycles. The lowest BCUT2D eigenvalue weighted by Gasteiger charge is -2.45. The first kappa shape index (κ1) is 36.0. The first-order valence-electron chi connectivity index (χ1n) is 15.2. The van der Waals surface area contributed by atoms with E-state index in [0.29, 0.717) is 6.61 Å². The van der Waals surface area contributed by atoms with Crippen molar-refractivity contribution in [1.82, 2.24) is 0 Å². The first-order chi connectivity index (χ1) is 19.7. The van der Waals surface area contributed by atoms with Gasteiger partial charge in [0.1, 0.15) is 50.8 Å². The third kappa shape index (κ3) is 16.3. The fourth-order valence-corrected chi connectivity index (χ4v) is 4.88. The number of rotatable bonds is 25. The van der Waals surface area contributed by atoms with E-state index in [1.165, 1.54) is 77.0 Å². The molecule has 5 atom stereocenters. The van der Waals surface area contributed by atoms with E-state index >= 15 is 0 Å². The van der Waals surface area contributed by atoms with Crippen LogP contribution in [-0.4, -0.2) is 70.3 Å². The molecule has 1 aliphatic rings. The van der Waals surface area contributed by atoms with Crippen LogP contribution >= 0.6 is 0 Å². The topological polar surface area (TPSA) is 55.4 Å². The molecule has 6 heteroatoms. The maximum Gasteiger partial charge on any atom is 0.186 e. The molecule has 0 spiro atoms. The normalized spacial score (nSPS) is 22.2. The van der Waals surface area contributed by atoms with Gasteiger partial charge in [0, 0.05) is 6.61 Å². The van der Waals surface area contributed by atoms with Gasteiger partial charge in [-0.25, -0.2) is 0 Å². The van der Waals surface area contributed by atoms with E-state index in [2.05, 4.69) is 30.6 Å². The van der Waals surface area contributed by atoms with E-state index in [-0.39, 0.29) is 33.0 Å². The Bertz CT molecular complexity index is 769. The molecule has 6 nitrogen and oxygen atoms in total. The predicted octanol–water partition coefficient (Wildman–Crippen LogP) is 5.91. The zero-order valence-electron chi connectivity index (χ0n) is 24.8. The Labute approximate surface area is 244 Å². The molecule has 1 heterocycles. The third-order valence-electron chi connectivity index (χ3n) is 6.92. The van der Waals surface area contributed by atoms with Crippen molar-refractivity contribution in [3.63, 3.8) is 0 Å². The molecule has 0 aromatic rings. The zero-order chi connectivity index (χ0) is 29.1. The summed E-state index contributed by atoms with van der Waals surface area (Å²) in [4.78, 5) is 0. The Morgan fingerprint density at radius 3 is 1.48 bits per heavy atom. The summed E-state index contributed by atoms with van der Waals surface area (Å²) in [6.45, 7) is 3.27. The molecule has 0 unspecified atom stereocenters. The zero-order valence-corrected chi connectivity index (χ0v) is 24.8. The highest BCUT2D eigenvalue weighted by Gasteiger charge is 2.48. The van der Waals surface area contributed by atoms with Crippen LogP contribution in [0.4, 0.5) is 0 Å². The highest BCUT2D eigenvalue weighted by Crippen LogP contribution is 2.29. The monoisotopic (exact) mass is 556 g/mol. The summed E-state index contributed by atoms with van der Waals surface area (Å²) in [5.74, 6) is 9.93. The number of hydrogen-bond donors (Lipinski definition) is 0. The van der Waals surface area contributed by atoms with E-state index in [0.717, 1.165) is 12.8 Å². The second-order valence-corrected chi connectivity index (χ2v) is 10.2. The van der Waals surface area contributed by atoms with Crippen LogP contribution in [0.2, 0.25) is 0 Å². The first-order valence-corrected chi connectivity index (χ1v) is 15.2. The van der Waals surface area contributed by atoms with Gasteiger partial charge < -0.3 is 28.4 Å². The average Bonchev–Trinajstić information content (AvgIpc) is 2.96. The molecule has 0 amide bonds. The van der Waals surface area contributed by atoms with Gasteiger partial charge in [-0.1, -0.05) is 114 Å². The van der Waals surface area contributed by atoms with Gasteiger partial charge >= 0.3 is 0 Å². The molecule has 1 saturated heterocycles. The predicted molar refractivity (Wildman–Crippen MR) is 160 cm³/mol. The van der Waals surface area contributed by atoms with Gasteiger partial charge in [-0.2, -0.15) is 0 Å². The van der Waals surface area contributed by atoms with Crippen molar-refractivity contribution < 1.29 is 28.4 Å². The quantitative estimate of drug-likeness (QED) is 0.103. The molecule has 40 heavy (non-hydrogen) atoms. The fraction of sp³-hybridized carbons (Fsp3) is 0.765. The lowest BCUT2D eigenvalue weighted by Crippen LogP contribution is -2.62.